The maximum absolute atomic E-state index is 15.2. The molecule has 194 valence electrons. The molecule has 0 amide bonds. The van der Waals surface area contributed by atoms with Crippen molar-refractivity contribution in [3.63, 3.8) is 0 Å². The second kappa shape index (κ2) is 14.7. The van der Waals surface area contributed by atoms with Gasteiger partial charge in [-0.3, -0.25) is 9.59 Å². The fourth-order valence-electron chi connectivity index (χ4n) is 4.44. The van der Waals surface area contributed by atoms with Crippen molar-refractivity contribution in [2.24, 2.45) is 11.8 Å². The van der Waals surface area contributed by atoms with Gasteiger partial charge in [-0.2, -0.15) is 8.78 Å². The molecule has 1 heterocycles. The Morgan fingerprint density at radius 3 is 2.76 bits per heavy atom. The Balaban J connectivity index is 1.99. The van der Waals surface area contributed by atoms with E-state index in [1.807, 2.05) is 19.1 Å². The quantitative estimate of drug-likeness (QED) is 0.208. The Bertz CT molecular complexity index is 687. The van der Waals surface area contributed by atoms with Crippen LogP contribution in [0.25, 0.3) is 0 Å². The molecular formula is C26H40F2O6. The zero-order valence-electron chi connectivity index (χ0n) is 20.4. The van der Waals surface area contributed by atoms with Crippen LogP contribution in [-0.4, -0.2) is 55.0 Å². The number of aliphatic hydroxyl groups is 1. The number of carbonyl (C=O) groups excluding carboxylic acids is 2. The Kier molecular flexibility index (Phi) is 12.4. The number of rotatable bonds is 14. The van der Waals surface area contributed by atoms with Gasteiger partial charge >= 0.3 is 5.97 Å². The fraction of sp³-hybridized carbons (Fsp3) is 0.769. The molecule has 0 aromatic carbocycles. The van der Waals surface area contributed by atoms with E-state index in [4.69, 9.17) is 9.47 Å². The summed E-state index contributed by atoms with van der Waals surface area (Å²) in [5.41, 5.74) is 0. The molecule has 5 atom stereocenters. The molecule has 1 saturated heterocycles. The highest BCUT2D eigenvalue weighted by molar-refractivity contribution is 5.86. The highest BCUT2D eigenvalue weighted by atomic mass is 19.3. The number of halogens is 2. The number of Topliss-reactive ketones (excluding diaryl/α,β-unsaturated/α-hetero) is 1. The molecule has 34 heavy (non-hydrogen) atoms. The van der Waals surface area contributed by atoms with Gasteiger partial charge in [0.05, 0.1) is 13.2 Å². The summed E-state index contributed by atoms with van der Waals surface area (Å²) in [5.74, 6) is -4.97. The second-order valence-electron chi connectivity index (χ2n) is 9.20. The standard InChI is InChI=1S/C26H40F2O6/c1-3-4-12-23(34-25-14-9-10-17-33-25)26(27,28)16-15-20-19(21(29)18-22(20)30)11-7-5-6-8-13-24(31)32-2/h5,7,15-16,19-21,23,25,29H,3-4,6,8-14,17-18H2,1-2H3/b7-5+,16-15+/t19-,20-,21+,23?,25?/m1/s1. The van der Waals surface area contributed by atoms with Crippen molar-refractivity contribution in [3.8, 4) is 0 Å². The number of ketones is 1. The molecule has 1 aliphatic carbocycles. The molecule has 0 spiro atoms. The highest BCUT2D eigenvalue weighted by Crippen LogP contribution is 2.36. The first-order chi connectivity index (χ1) is 16.3. The molecule has 2 unspecified atom stereocenters. The summed E-state index contributed by atoms with van der Waals surface area (Å²) < 4.78 is 46.1. The lowest BCUT2D eigenvalue weighted by molar-refractivity contribution is -0.229. The molecule has 0 radical (unpaired) electrons. The molecule has 0 aromatic heterocycles. The second-order valence-corrected chi connectivity index (χ2v) is 9.20. The molecule has 0 aromatic rings. The monoisotopic (exact) mass is 486 g/mol. The minimum Gasteiger partial charge on any atom is -0.469 e. The topological polar surface area (TPSA) is 82.1 Å². The molecule has 2 rings (SSSR count). The predicted molar refractivity (Wildman–Crippen MR) is 124 cm³/mol. The lowest BCUT2D eigenvalue weighted by Gasteiger charge is -2.31. The SMILES string of the molecule is CCCCC(OC1CCCCO1)C(F)(F)/C=C/[C@H]1C(=O)C[C@H](O)[C@@H]1C/C=C/CCCC(=O)OC. The highest BCUT2D eigenvalue weighted by Gasteiger charge is 2.43. The average molecular weight is 487 g/mol. The van der Waals surface area contributed by atoms with E-state index in [1.54, 1.807) is 0 Å². The Labute approximate surface area is 201 Å². The predicted octanol–water partition coefficient (Wildman–Crippen LogP) is 5.14. The number of allylic oxidation sites excluding steroid dienone is 3. The van der Waals surface area contributed by atoms with E-state index in [1.165, 1.54) is 13.2 Å². The zero-order valence-corrected chi connectivity index (χ0v) is 20.4. The summed E-state index contributed by atoms with van der Waals surface area (Å²) in [6.45, 7) is 2.45. The van der Waals surface area contributed by atoms with Gasteiger partial charge in [0.25, 0.3) is 5.92 Å². The first-order valence-corrected chi connectivity index (χ1v) is 12.5. The molecule has 1 N–H and O–H groups in total. The Hall–Kier alpha value is -1.64. The van der Waals surface area contributed by atoms with E-state index < -0.39 is 36.3 Å². The number of ether oxygens (including phenoxy) is 3. The molecule has 6 nitrogen and oxygen atoms in total. The molecule has 0 bridgehead atoms. The van der Waals surface area contributed by atoms with Gasteiger partial charge < -0.3 is 19.3 Å². The van der Waals surface area contributed by atoms with Crippen LogP contribution in [-0.2, 0) is 23.8 Å². The number of hydrogen-bond donors (Lipinski definition) is 1. The van der Waals surface area contributed by atoms with Gasteiger partial charge in [0, 0.05) is 31.3 Å². The van der Waals surface area contributed by atoms with E-state index >= 15 is 8.78 Å². The zero-order chi connectivity index (χ0) is 25.0. The first kappa shape index (κ1) is 28.6. The lowest BCUT2D eigenvalue weighted by Crippen LogP contribution is -2.39. The van der Waals surface area contributed by atoms with Crippen molar-refractivity contribution < 1.29 is 37.7 Å². The summed E-state index contributed by atoms with van der Waals surface area (Å²) >= 11 is 0. The number of methoxy groups -OCH3 is 1. The van der Waals surface area contributed by atoms with Gasteiger partial charge in [0.2, 0.25) is 0 Å². The van der Waals surface area contributed by atoms with E-state index in [0.29, 0.717) is 45.1 Å². The van der Waals surface area contributed by atoms with Crippen LogP contribution in [0.15, 0.2) is 24.3 Å². The minimum absolute atomic E-state index is 0.0346. The molecule has 1 saturated carbocycles. The fourth-order valence-corrected chi connectivity index (χ4v) is 4.44. The van der Waals surface area contributed by atoms with Crippen molar-refractivity contribution in [2.75, 3.05) is 13.7 Å². The number of esters is 1. The maximum Gasteiger partial charge on any atom is 0.305 e. The Morgan fingerprint density at radius 1 is 1.29 bits per heavy atom. The van der Waals surface area contributed by atoms with Crippen molar-refractivity contribution in [3.05, 3.63) is 24.3 Å². The summed E-state index contributed by atoms with van der Waals surface area (Å²) in [5, 5.41) is 10.3. The van der Waals surface area contributed by atoms with Gasteiger partial charge in [-0.25, -0.2) is 0 Å². The molecule has 2 aliphatic rings. The third kappa shape index (κ3) is 9.19. The normalized spacial score (nSPS) is 27.0. The summed E-state index contributed by atoms with van der Waals surface area (Å²) in [7, 11) is 1.34. The van der Waals surface area contributed by atoms with Crippen LogP contribution in [0.4, 0.5) is 8.78 Å². The minimum atomic E-state index is -3.25. The molecule has 2 fully saturated rings. The van der Waals surface area contributed by atoms with Crippen LogP contribution in [0.2, 0.25) is 0 Å². The largest absolute Gasteiger partial charge is 0.469 e. The van der Waals surface area contributed by atoms with Crippen LogP contribution in [0.3, 0.4) is 0 Å². The van der Waals surface area contributed by atoms with E-state index in [2.05, 4.69) is 4.74 Å². The number of aliphatic hydroxyl groups excluding tert-OH is 1. The number of carbonyl (C=O) groups is 2. The van der Waals surface area contributed by atoms with Crippen molar-refractivity contribution in [1.82, 2.24) is 0 Å². The van der Waals surface area contributed by atoms with Gasteiger partial charge in [-0.15, -0.1) is 0 Å². The van der Waals surface area contributed by atoms with Gasteiger partial charge in [-0.05, 0) is 51.0 Å². The van der Waals surface area contributed by atoms with Crippen LogP contribution in [0.5, 0.6) is 0 Å². The Morgan fingerprint density at radius 2 is 2.09 bits per heavy atom. The van der Waals surface area contributed by atoms with Crippen LogP contribution in [0.1, 0.15) is 77.6 Å². The molecule has 8 heteroatoms. The lowest BCUT2D eigenvalue weighted by atomic mass is 9.89. The average Bonchev–Trinajstić information content (AvgIpc) is 3.09. The van der Waals surface area contributed by atoms with E-state index in [0.717, 1.165) is 25.3 Å². The smallest absolute Gasteiger partial charge is 0.305 e. The number of unbranched alkanes of at least 4 members (excludes halogenated alkanes) is 2. The molecule has 1 aliphatic heterocycles. The van der Waals surface area contributed by atoms with Gasteiger partial charge in [0.1, 0.15) is 11.9 Å². The third-order valence-corrected chi connectivity index (χ3v) is 6.52. The van der Waals surface area contributed by atoms with Crippen molar-refractivity contribution in [1.29, 1.82) is 0 Å². The summed E-state index contributed by atoms with van der Waals surface area (Å²) in [6.07, 6.45) is 8.92. The third-order valence-electron chi connectivity index (χ3n) is 6.52. The van der Waals surface area contributed by atoms with Gasteiger partial charge in [-0.1, -0.05) is 38.0 Å². The van der Waals surface area contributed by atoms with E-state index in [-0.39, 0.29) is 24.6 Å². The van der Waals surface area contributed by atoms with Crippen molar-refractivity contribution >= 4 is 11.8 Å². The number of alkyl halides is 2. The maximum atomic E-state index is 15.2. The first-order valence-electron chi connectivity index (χ1n) is 12.5. The van der Waals surface area contributed by atoms with Crippen LogP contribution < -0.4 is 0 Å². The molecular weight excluding hydrogens is 446 g/mol. The van der Waals surface area contributed by atoms with Crippen molar-refractivity contribution in [2.45, 2.75) is 102 Å². The number of hydrogen-bond acceptors (Lipinski definition) is 6. The summed E-state index contributed by atoms with van der Waals surface area (Å²) in [6, 6.07) is 0. The van der Waals surface area contributed by atoms with Gasteiger partial charge in [0.15, 0.2) is 6.29 Å². The van der Waals surface area contributed by atoms with Crippen LogP contribution >= 0.6 is 0 Å². The summed E-state index contributed by atoms with van der Waals surface area (Å²) in [4.78, 5) is 23.6. The van der Waals surface area contributed by atoms with E-state index in [9.17, 15) is 14.7 Å². The van der Waals surface area contributed by atoms with Crippen LogP contribution in [0, 0.1) is 11.8 Å².